The minimum Gasteiger partial charge on any atom is -0.274 e. The molecule has 5 rings (SSSR count). The first-order chi connectivity index (χ1) is 13.6. The van der Waals surface area contributed by atoms with Crippen LogP contribution in [0.1, 0.15) is 33.1 Å². The summed E-state index contributed by atoms with van der Waals surface area (Å²) in [5.41, 5.74) is 0.719. The molecule has 4 unspecified atom stereocenters. The van der Waals surface area contributed by atoms with Gasteiger partial charge in [0.2, 0.25) is 11.8 Å². The third-order valence-electron chi connectivity index (χ3n) is 7.01. The Bertz CT molecular complexity index is 1070. The molecule has 2 amide bonds. The Morgan fingerprint density at radius 2 is 1.29 bits per heavy atom. The van der Waals surface area contributed by atoms with E-state index in [0.717, 1.165) is 35.7 Å². The number of hydrogen-bond acceptors (Lipinski definition) is 2. The highest BCUT2D eigenvalue weighted by Crippen LogP contribution is 2.50. The van der Waals surface area contributed by atoms with E-state index in [1.807, 2.05) is 30.3 Å². The standard InChI is InChI=1S/C25H25NO2/c1-3-15-11-16(4-2)23-22(15)24(27)26(25(23)28)21-10-9-19-12-17-7-5-6-8-18(17)13-20(19)14-21/h5-10,12-16,22-23H,3-4,11H2,1-2H3. The van der Waals surface area contributed by atoms with E-state index in [0.29, 0.717) is 11.8 Å². The van der Waals surface area contributed by atoms with Gasteiger partial charge in [0.1, 0.15) is 0 Å². The van der Waals surface area contributed by atoms with E-state index in [1.54, 1.807) is 0 Å². The van der Waals surface area contributed by atoms with Crippen molar-refractivity contribution in [1.82, 2.24) is 0 Å². The van der Waals surface area contributed by atoms with Crippen LogP contribution < -0.4 is 4.90 Å². The van der Waals surface area contributed by atoms with Crippen LogP contribution in [0.4, 0.5) is 5.69 Å². The summed E-state index contributed by atoms with van der Waals surface area (Å²) in [5.74, 6) is 0.432. The molecule has 1 aliphatic carbocycles. The minimum atomic E-state index is -0.130. The van der Waals surface area contributed by atoms with Crippen LogP contribution >= 0.6 is 0 Å². The second-order valence-corrected chi connectivity index (χ2v) is 8.37. The molecule has 1 heterocycles. The van der Waals surface area contributed by atoms with Gasteiger partial charge in [-0.2, -0.15) is 0 Å². The maximum Gasteiger partial charge on any atom is 0.237 e. The molecule has 4 atom stereocenters. The fraction of sp³-hybridized carbons (Fsp3) is 0.360. The Balaban J connectivity index is 1.58. The van der Waals surface area contributed by atoms with Crippen LogP contribution in [0.5, 0.6) is 0 Å². The van der Waals surface area contributed by atoms with Crippen LogP contribution in [0.15, 0.2) is 54.6 Å². The van der Waals surface area contributed by atoms with Crippen molar-refractivity contribution < 1.29 is 9.59 Å². The summed E-state index contributed by atoms with van der Waals surface area (Å²) in [6.45, 7) is 4.28. The zero-order valence-electron chi connectivity index (χ0n) is 16.4. The summed E-state index contributed by atoms with van der Waals surface area (Å²) in [4.78, 5) is 28.0. The van der Waals surface area contributed by atoms with Crippen LogP contribution in [-0.2, 0) is 9.59 Å². The monoisotopic (exact) mass is 371 g/mol. The van der Waals surface area contributed by atoms with E-state index in [1.165, 1.54) is 15.7 Å². The number of nitrogens with zero attached hydrogens (tertiary/aromatic N) is 1. The predicted octanol–water partition coefficient (Wildman–Crippen LogP) is 5.55. The number of carbonyl (C=O) groups excluding carboxylic acids is 2. The summed E-state index contributed by atoms with van der Waals surface area (Å²) in [6.07, 6.45) is 2.94. The lowest BCUT2D eigenvalue weighted by Crippen LogP contribution is -2.33. The van der Waals surface area contributed by atoms with Crippen molar-refractivity contribution >= 4 is 39.0 Å². The van der Waals surface area contributed by atoms with Gasteiger partial charge in [-0.3, -0.25) is 14.5 Å². The van der Waals surface area contributed by atoms with E-state index in [2.05, 4.69) is 38.1 Å². The fourth-order valence-electron chi connectivity index (χ4n) is 5.55. The molecule has 3 nitrogen and oxygen atoms in total. The Kier molecular flexibility index (Phi) is 4.01. The molecule has 142 valence electrons. The highest BCUT2D eigenvalue weighted by Gasteiger charge is 2.57. The van der Waals surface area contributed by atoms with Gasteiger partial charge in [0.05, 0.1) is 17.5 Å². The number of benzene rings is 3. The third kappa shape index (κ3) is 2.42. The maximum absolute atomic E-state index is 13.3. The smallest absolute Gasteiger partial charge is 0.237 e. The molecule has 3 aromatic carbocycles. The Labute approximate surface area is 165 Å². The molecule has 0 bridgehead atoms. The number of carbonyl (C=O) groups is 2. The molecule has 2 aliphatic rings. The molecule has 28 heavy (non-hydrogen) atoms. The molecule has 0 aromatic heterocycles. The molecule has 0 spiro atoms. The molecule has 1 saturated heterocycles. The second-order valence-electron chi connectivity index (χ2n) is 8.37. The molecule has 1 aliphatic heterocycles. The van der Waals surface area contributed by atoms with Crippen molar-refractivity contribution in [2.75, 3.05) is 4.90 Å². The first kappa shape index (κ1) is 17.4. The molecule has 0 N–H and O–H groups in total. The van der Waals surface area contributed by atoms with Gasteiger partial charge in [-0.25, -0.2) is 0 Å². The van der Waals surface area contributed by atoms with Gasteiger partial charge in [-0.05, 0) is 64.1 Å². The normalized spacial score (nSPS) is 27.1. The van der Waals surface area contributed by atoms with Crippen molar-refractivity contribution in [2.24, 2.45) is 23.7 Å². The molecule has 3 aromatic rings. The van der Waals surface area contributed by atoms with Crippen LogP contribution in [-0.4, -0.2) is 11.8 Å². The van der Waals surface area contributed by atoms with Crippen LogP contribution in [0.3, 0.4) is 0 Å². The number of imide groups is 1. The van der Waals surface area contributed by atoms with E-state index in [4.69, 9.17) is 0 Å². The highest BCUT2D eigenvalue weighted by atomic mass is 16.2. The number of anilines is 1. The van der Waals surface area contributed by atoms with Crippen molar-refractivity contribution in [2.45, 2.75) is 33.1 Å². The average molecular weight is 371 g/mol. The van der Waals surface area contributed by atoms with Gasteiger partial charge in [-0.15, -0.1) is 0 Å². The summed E-state index contributed by atoms with van der Waals surface area (Å²) >= 11 is 0. The van der Waals surface area contributed by atoms with Crippen LogP contribution in [0, 0.1) is 23.7 Å². The van der Waals surface area contributed by atoms with Crippen molar-refractivity contribution in [3.8, 4) is 0 Å². The van der Waals surface area contributed by atoms with E-state index in [-0.39, 0.29) is 23.7 Å². The van der Waals surface area contributed by atoms with Crippen molar-refractivity contribution in [3.63, 3.8) is 0 Å². The Morgan fingerprint density at radius 1 is 0.750 bits per heavy atom. The fourth-order valence-corrected chi connectivity index (χ4v) is 5.55. The number of amides is 2. The quantitative estimate of drug-likeness (QED) is 0.447. The van der Waals surface area contributed by atoms with Crippen molar-refractivity contribution in [1.29, 1.82) is 0 Å². The molecule has 3 heteroatoms. The second kappa shape index (κ2) is 6.44. The Hall–Kier alpha value is -2.68. The summed E-state index contributed by atoms with van der Waals surface area (Å²) < 4.78 is 0. The lowest BCUT2D eigenvalue weighted by molar-refractivity contribution is -0.123. The molecular formula is C25H25NO2. The minimum absolute atomic E-state index is 0.0120. The molecule has 2 fully saturated rings. The van der Waals surface area contributed by atoms with Gasteiger partial charge in [0.25, 0.3) is 0 Å². The molecular weight excluding hydrogens is 346 g/mol. The average Bonchev–Trinajstić information content (AvgIpc) is 3.22. The summed E-state index contributed by atoms with van der Waals surface area (Å²) in [7, 11) is 0. The first-order valence-electron chi connectivity index (χ1n) is 10.4. The highest BCUT2D eigenvalue weighted by molar-refractivity contribution is 6.23. The molecule has 1 saturated carbocycles. The van der Waals surface area contributed by atoms with E-state index >= 15 is 0 Å². The van der Waals surface area contributed by atoms with E-state index < -0.39 is 0 Å². The molecule has 0 radical (unpaired) electrons. The number of fused-ring (bicyclic) bond motifs is 3. The SMILES string of the molecule is CCC1CC(CC)C2C(=O)N(c3ccc4cc5ccccc5cc4c3)C(=O)C12. The predicted molar refractivity (Wildman–Crippen MR) is 113 cm³/mol. The topological polar surface area (TPSA) is 37.4 Å². The van der Waals surface area contributed by atoms with Gasteiger partial charge < -0.3 is 0 Å². The number of rotatable bonds is 3. The van der Waals surface area contributed by atoms with Gasteiger partial charge in [0.15, 0.2) is 0 Å². The lowest BCUT2D eigenvalue weighted by atomic mass is 9.88. The van der Waals surface area contributed by atoms with Gasteiger partial charge in [-0.1, -0.05) is 57.0 Å². The first-order valence-corrected chi connectivity index (χ1v) is 10.4. The van der Waals surface area contributed by atoms with Crippen LogP contribution in [0.25, 0.3) is 21.5 Å². The largest absolute Gasteiger partial charge is 0.274 e. The zero-order valence-corrected chi connectivity index (χ0v) is 16.4. The lowest BCUT2D eigenvalue weighted by Gasteiger charge is -2.20. The van der Waals surface area contributed by atoms with Gasteiger partial charge in [0, 0.05) is 0 Å². The van der Waals surface area contributed by atoms with Crippen molar-refractivity contribution in [3.05, 3.63) is 54.6 Å². The maximum atomic E-state index is 13.3. The van der Waals surface area contributed by atoms with Crippen LogP contribution in [0.2, 0.25) is 0 Å². The summed E-state index contributed by atoms with van der Waals surface area (Å²) in [6, 6.07) is 18.5. The van der Waals surface area contributed by atoms with E-state index in [9.17, 15) is 9.59 Å². The zero-order chi connectivity index (χ0) is 19.4. The van der Waals surface area contributed by atoms with Gasteiger partial charge >= 0.3 is 0 Å². The Morgan fingerprint density at radius 3 is 1.86 bits per heavy atom. The number of hydrogen-bond donors (Lipinski definition) is 0. The summed E-state index contributed by atoms with van der Waals surface area (Å²) in [5, 5.41) is 4.55. The third-order valence-corrected chi connectivity index (χ3v) is 7.01.